The van der Waals surface area contributed by atoms with Crippen LogP contribution in [0.3, 0.4) is 0 Å². The lowest BCUT2D eigenvalue weighted by molar-refractivity contribution is 0.0398. The number of nitrogens with zero attached hydrogens (tertiary/aromatic N) is 3. The van der Waals surface area contributed by atoms with Crippen molar-refractivity contribution in [1.82, 2.24) is 9.88 Å². The lowest BCUT2D eigenvalue weighted by atomic mass is 10.2. The molecule has 0 radical (unpaired) electrons. The van der Waals surface area contributed by atoms with Crippen LogP contribution in [0.15, 0.2) is 28.7 Å². The van der Waals surface area contributed by atoms with Gasteiger partial charge in [-0.25, -0.2) is 0 Å². The number of morpholine rings is 1. The van der Waals surface area contributed by atoms with E-state index >= 15 is 0 Å². The number of hydrogen-bond acceptors (Lipinski definition) is 7. The number of nitrogens with one attached hydrogen (secondary N) is 1. The van der Waals surface area contributed by atoms with E-state index in [1.165, 1.54) is 0 Å². The van der Waals surface area contributed by atoms with Gasteiger partial charge >= 0.3 is 0 Å². The molecule has 0 unspecified atom stereocenters. The van der Waals surface area contributed by atoms with E-state index in [0.29, 0.717) is 18.3 Å². The van der Waals surface area contributed by atoms with E-state index in [1.54, 1.807) is 13.2 Å². The number of oxazole rings is 1. The largest absolute Gasteiger partial charge is 0.497 e. The van der Waals surface area contributed by atoms with Gasteiger partial charge in [0.25, 0.3) is 0 Å². The van der Waals surface area contributed by atoms with Crippen LogP contribution in [0.2, 0.25) is 0 Å². The normalized spacial score (nSPS) is 15.1. The molecule has 1 aliphatic heterocycles. The third-order valence-corrected chi connectivity index (χ3v) is 4.08. The number of nitriles is 1. The van der Waals surface area contributed by atoms with Crippen LogP contribution in [0.25, 0.3) is 12.2 Å². The Morgan fingerprint density at radius 2 is 2.19 bits per heavy atom. The quantitative estimate of drug-likeness (QED) is 0.818. The molecular weight excluding hydrogens is 332 g/mol. The summed E-state index contributed by atoms with van der Waals surface area (Å²) >= 11 is 0. The van der Waals surface area contributed by atoms with Gasteiger partial charge in [-0.05, 0) is 23.8 Å². The lowest BCUT2D eigenvalue weighted by Gasteiger charge is -2.26. The van der Waals surface area contributed by atoms with E-state index in [2.05, 4.69) is 21.3 Å². The minimum absolute atomic E-state index is 0.261. The van der Waals surface area contributed by atoms with Crippen LogP contribution < -0.4 is 10.1 Å². The van der Waals surface area contributed by atoms with Crippen LogP contribution in [0, 0.1) is 11.3 Å². The van der Waals surface area contributed by atoms with Crippen molar-refractivity contribution in [2.75, 3.05) is 51.8 Å². The van der Waals surface area contributed by atoms with E-state index in [-0.39, 0.29) is 5.69 Å². The van der Waals surface area contributed by atoms with Crippen LogP contribution in [-0.2, 0) is 4.74 Å². The Morgan fingerprint density at radius 3 is 2.96 bits per heavy atom. The van der Waals surface area contributed by atoms with Gasteiger partial charge < -0.3 is 19.2 Å². The smallest absolute Gasteiger partial charge is 0.232 e. The number of methoxy groups -OCH3 is 1. The standard InChI is InChI=1S/C19H22N4O3/c1-24-16-4-2-3-15(13-16)5-6-18-22-17(14-20)19(26-18)21-7-8-23-9-11-25-12-10-23/h2-6,13,21H,7-12H2,1H3. The highest BCUT2D eigenvalue weighted by Crippen LogP contribution is 2.19. The number of aromatic nitrogens is 1. The van der Waals surface area contributed by atoms with Crippen molar-refractivity contribution >= 4 is 18.0 Å². The molecule has 1 saturated heterocycles. The first kappa shape index (κ1) is 18.0. The second kappa shape index (κ2) is 9.04. The molecule has 7 heteroatoms. The topological polar surface area (TPSA) is 83.5 Å². The molecule has 1 aromatic heterocycles. The minimum atomic E-state index is 0.261. The Hall–Kier alpha value is -2.82. The summed E-state index contributed by atoms with van der Waals surface area (Å²) < 4.78 is 16.2. The maximum absolute atomic E-state index is 9.25. The van der Waals surface area contributed by atoms with Crippen molar-refractivity contribution in [3.63, 3.8) is 0 Å². The van der Waals surface area contributed by atoms with Crippen molar-refractivity contribution in [3.05, 3.63) is 41.4 Å². The predicted molar refractivity (Wildman–Crippen MR) is 98.9 cm³/mol. The van der Waals surface area contributed by atoms with Gasteiger partial charge in [0, 0.05) is 32.3 Å². The molecule has 0 atom stereocenters. The van der Waals surface area contributed by atoms with Crippen LogP contribution >= 0.6 is 0 Å². The van der Waals surface area contributed by atoms with Crippen LogP contribution in [0.4, 0.5) is 5.88 Å². The summed E-state index contributed by atoms with van der Waals surface area (Å²) in [6.07, 6.45) is 3.61. The summed E-state index contributed by atoms with van der Waals surface area (Å²) in [6.45, 7) is 4.94. The Kier molecular flexibility index (Phi) is 6.25. The molecule has 2 aromatic rings. The summed E-state index contributed by atoms with van der Waals surface area (Å²) in [4.78, 5) is 6.52. The molecule has 1 fully saturated rings. The number of hydrogen-bond donors (Lipinski definition) is 1. The molecular formula is C19H22N4O3. The molecule has 3 rings (SSSR count). The molecule has 26 heavy (non-hydrogen) atoms. The van der Waals surface area contributed by atoms with Crippen LogP contribution in [0.1, 0.15) is 17.1 Å². The van der Waals surface area contributed by atoms with Gasteiger partial charge in [-0.2, -0.15) is 10.2 Å². The fraction of sp³-hybridized carbons (Fsp3) is 0.368. The molecule has 0 amide bonds. The van der Waals surface area contributed by atoms with E-state index in [0.717, 1.165) is 44.2 Å². The summed E-state index contributed by atoms with van der Waals surface area (Å²) in [5.41, 5.74) is 1.22. The fourth-order valence-corrected chi connectivity index (χ4v) is 2.67. The van der Waals surface area contributed by atoms with E-state index in [4.69, 9.17) is 13.9 Å². The first-order valence-corrected chi connectivity index (χ1v) is 8.55. The van der Waals surface area contributed by atoms with Crippen LogP contribution in [0.5, 0.6) is 5.75 Å². The van der Waals surface area contributed by atoms with E-state index in [9.17, 15) is 5.26 Å². The second-order valence-electron chi connectivity index (χ2n) is 5.83. The summed E-state index contributed by atoms with van der Waals surface area (Å²) in [6, 6.07) is 9.72. The predicted octanol–water partition coefficient (Wildman–Crippen LogP) is 2.47. The molecule has 136 valence electrons. The van der Waals surface area contributed by atoms with Gasteiger partial charge in [0.1, 0.15) is 11.8 Å². The number of benzene rings is 1. The Balaban J connectivity index is 1.60. The number of rotatable bonds is 7. The Bertz CT molecular complexity index is 788. The van der Waals surface area contributed by atoms with Crippen molar-refractivity contribution in [3.8, 4) is 11.8 Å². The maximum Gasteiger partial charge on any atom is 0.232 e. The highest BCUT2D eigenvalue weighted by atomic mass is 16.5. The van der Waals surface area contributed by atoms with E-state index < -0.39 is 0 Å². The van der Waals surface area contributed by atoms with Gasteiger partial charge in [-0.3, -0.25) is 4.90 Å². The monoisotopic (exact) mass is 354 g/mol. The summed E-state index contributed by atoms with van der Waals surface area (Å²) in [5, 5.41) is 12.4. The maximum atomic E-state index is 9.25. The van der Waals surface area contributed by atoms with Gasteiger partial charge in [0.15, 0.2) is 0 Å². The van der Waals surface area contributed by atoms with E-state index in [1.807, 2.05) is 30.3 Å². The van der Waals surface area contributed by atoms with Crippen molar-refractivity contribution in [2.45, 2.75) is 0 Å². The average molecular weight is 354 g/mol. The first-order chi connectivity index (χ1) is 12.8. The zero-order valence-electron chi connectivity index (χ0n) is 14.8. The molecule has 0 bridgehead atoms. The molecule has 7 nitrogen and oxygen atoms in total. The first-order valence-electron chi connectivity index (χ1n) is 8.55. The highest BCUT2D eigenvalue weighted by Gasteiger charge is 2.13. The van der Waals surface area contributed by atoms with Gasteiger partial charge in [-0.15, -0.1) is 0 Å². The zero-order valence-corrected chi connectivity index (χ0v) is 14.8. The van der Waals surface area contributed by atoms with Crippen LogP contribution in [-0.4, -0.2) is 56.4 Å². The second-order valence-corrected chi connectivity index (χ2v) is 5.83. The van der Waals surface area contributed by atoms with Gasteiger partial charge in [0.2, 0.25) is 17.5 Å². The molecule has 1 aromatic carbocycles. The van der Waals surface area contributed by atoms with Crippen molar-refractivity contribution in [2.24, 2.45) is 0 Å². The molecule has 2 heterocycles. The van der Waals surface area contributed by atoms with Crippen molar-refractivity contribution in [1.29, 1.82) is 5.26 Å². The summed E-state index contributed by atoms with van der Waals surface area (Å²) in [7, 11) is 1.63. The Morgan fingerprint density at radius 1 is 1.35 bits per heavy atom. The zero-order chi connectivity index (χ0) is 18.2. The lowest BCUT2D eigenvalue weighted by Crippen LogP contribution is -2.39. The summed E-state index contributed by atoms with van der Waals surface area (Å²) in [5.74, 6) is 1.58. The minimum Gasteiger partial charge on any atom is -0.497 e. The number of ether oxygens (including phenoxy) is 2. The molecule has 0 saturated carbocycles. The van der Waals surface area contributed by atoms with Crippen molar-refractivity contribution < 1.29 is 13.9 Å². The third kappa shape index (κ3) is 4.85. The fourth-order valence-electron chi connectivity index (χ4n) is 2.67. The van der Waals surface area contributed by atoms with Gasteiger partial charge in [-0.1, -0.05) is 12.1 Å². The molecule has 0 spiro atoms. The third-order valence-electron chi connectivity index (χ3n) is 4.08. The average Bonchev–Trinajstić information content (AvgIpc) is 3.09. The van der Waals surface area contributed by atoms with Gasteiger partial charge in [0.05, 0.1) is 20.3 Å². The molecule has 0 aliphatic carbocycles. The molecule has 1 N–H and O–H groups in total. The Labute approximate surface area is 152 Å². The molecule has 1 aliphatic rings. The SMILES string of the molecule is COc1cccc(C=Cc2nc(C#N)c(NCCN3CCOCC3)o2)c1. The highest BCUT2D eigenvalue weighted by molar-refractivity contribution is 5.67. The number of anilines is 1.